The molecule has 4 rings (SSSR count). The molecular formula is C23H25F3N2O. The van der Waals surface area contributed by atoms with Crippen molar-refractivity contribution >= 4 is 5.91 Å². The zero-order chi connectivity index (χ0) is 20.8. The molecule has 1 atom stereocenters. The number of likely N-dealkylation sites (N-methyl/N-ethyl adjacent to an activating group) is 1. The van der Waals surface area contributed by atoms with E-state index in [2.05, 4.69) is 11.8 Å². The van der Waals surface area contributed by atoms with E-state index in [0.29, 0.717) is 6.04 Å². The predicted octanol–water partition coefficient (Wildman–Crippen LogP) is 4.95. The summed E-state index contributed by atoms with van der Waals surface area (Å²) in [5, 5.41) is 0. The van der Waals surface area contributed by atoms with Gasteiger partial charge in [0.2, 0.25) is 5.91 Å². The molecule has 2 aliphatic rings. The van der Waals surface area contributed by atoms with Crippen LogP contribution in [-0.4, -0.2) is 28.9 Å². The summed E-state index contributed by atoms with van der Waals surface area (Å²) in [6.07, 6.45) is -0.979. The largest absolute Gasteiger partial charge is 0.417 e. The van der Waals surface area contributed by atoms with E-state index in [4.69, 9.17) is 5.73 Å². The molecule has 2 aromatic rings. The summed E-state index contributed by atoms with van der Waals surface area (Å²) in [6.45, 7) is 2.87. The summed E-state index contributed by atoms with van der Waals surface area (Å²) in [4.78, 5) is 14.3. The second kappa shape index (κ2) is 7.17. The maximum absolute atomic E-state index is 14.2. The zero-order valence-corrected chi connectivity index (χ0v) is 16.4. The van der Waals surface area contributed by atoms with Crippen molar-refractivity contribution in [3.8, 4) is 0 Å². The van der Waals surface area contributed by atoms with E-state index in [1.807, 2.05) is 30.3 Å². The summed E-state index contributed by atoms with van der Waals surface area (Å²) < 4.78 is 42.7. The normalized spacial score (nSPS) is 25.3. The van der Waals surface area contributed by atoms with Gasteiger partial charge in [0.05, 0.1) is 11.1 Å². The van der Waals surface area contributed by atoms with E-state index >= 15 is 0 Å². The molecule has 6 heteroatoms. The van der Waals surface area contributed by atoms with Crippen molar-refractivity contribution < 1.29 is 18.0 Å². The second-order valence-electron chi connectivity index (χ2n) is 8.10. The van der Waals surface area contributed by atoms with Crippen LogP contribution in [-0.2, 0) is 6.18 Å². The first-order valence-corrected chi connectivity index (χ1v) is 10.1. The third-order valence-electron chi connectivity index (χ3n) is 6.80. The van der Waals surface area contributed by atoms with Gasteiger partial charge in [0, 0.05) is 17.5 Å². The monoisotopic (exact) mass is 402 g/mol. The average Bonchev–Trinajstić information content (AvgIpc) is 3.22. The topological polar surface area (TPSA) is 46.3 Å². The van der Waals surface area contributed by atoms with Gasteiger partial charge in [-0.25, -0.2) is 0 Å². The van der Waals surface area contributed by atoms with Crippen LogP contribution in [0.1, 0.15) is 65.6 Å². The fourth-order valence-electron chi connectivity index (χ4n) is 5.85. The Kier molecular flexibility index (Phi) is 4.93. The fraction of sp³-hybridized carbons (Fsp3) is 0.435. The lowest BCUT2D eigenvalue weighted by molar-refractivity contribution is -0.138. The van der Waals surface area contributed by atoms with Crippen molar-refractivity contribution in [3.63, 3.8) is 0 Å². The maximum Gasteiger partial charge on any atom is 0.417 e. The Bertz CT molecular complexity index is 902. The molecule has 0 radical (unpaired) electrons. The molecule has 0 spiro atoms. The number of hydrogen-bond donors (Lipinski definition) is 1. The van der Waals surface area contributed by atoms with Crippen LogP contribution in [0.15, 0.2) is 48.5 Å². The Hall–Kier alpha value is -2.34. The van der Waals surface area contributed by atoms with Crippen molar-refractivity contribution in [2.75, 3.05) is 6.54 Å². The van der Waals surface area contributed by atoms with E-state index in [0.717, 1.165) is 37.8 Å². The second-order valence-corrected chi connectivity index (χ2v) is 8.10. The van der Waals surface area contributed by atoms with Gasteiger partial charge in [-0.05, 0) is 49.4 Å². The predicted molar refractivity (Wildman–Crippen MR) is 106 cm³/mol. The highest BCUT2D eigenvalue weighted by Gasteiger charge is 2.57. The highest BCUT2D eigenvalue weighted by atomic mass is 19.4. The molecule has 0 aromatic heterocycles. The van der Waals surface area contributed by atoms with Gasteiger partial charge in [-0.2, -0.15) is 13.2 Å². The van der Waals surface area contributed by atoms with E-state index in [1.54, 1.807) is 0 Å². The van der Waals surface area contributed by atoms with E-state index in [1.165, 1.54) is 18.2 Å². The number of halogens is 3. The fourth-order valence-corrected chi connectivity index (χ4v) is 5.85. The third kappa shape index (κ3) is 3.14. The average molecular weight is 402 g/mol. The van der Waals surface area contributed by atoms with Crippen LogP contribution < -0.4 is 5.73 Å². The number of nitrogens with two attached hydrogens (primary N) is 1. The van der Waals surface area contributed by atoms with Crippen molar-refractivity contribution in [2.24, 2.45) is 5.73 Å². The van der Waals surface area contributed by atoms with Gasteiger partial charge >= 0.3 is 6.18 Å². The zero-order valence-electron chi connectivity index (χ0n) is 16.4. The Balaban J connectivity index is 2.00. The van der Waals surface area contributed by atoms with Crippen LogP contribution in [0.25, 0.3) is 0 Å². The number of hydrogen-bond acceptors (Lipinski definition) is 2. The summed E-state index contributed by atoms with van der Waals surface area (Å²) in [7, 11) is 0. The quantitative estimate of drug-likeness (QED) is 0.769. The van der Waals surface area contributed by atoms with Crippen LogP contribution in [0, 0.1) is 0 Å². The van der Waals surface area contributed by atoms with Crippen molar-refractivity contribution in [2.45, 2.75) is 56.3 Å². The summed E-state index contributed by atoms with van der Waals surface area (Å²) in [6, 6.07) is 14.0. The molecule has 1 unspecified atom stereocenters. The first kappa shape index (κ1) is 20.0. The van der Waals surface area contributed by atoms with Gasteiger partial charge in [-0.1, -0.05) is 49.4 Å². The molecular weight excluding hydrogens is 377 g/mol. The van der Waals surface area contributed by atoms with Gasteiger partial charge in [0.15, 0.2) is 0 Å². The molecule has 2 aromatic carbocycles. The Morgan fingerprint density at radius 3 is 2.34 bits per heavy atom. The van der Waals surface area contributed by atoms with E-state index in [9.17, 15) is 18.0 Å². The summed E-state index contributed by atoms with van der Waals surface area (Å²) in [5.41, 5.74) is 4.63. The smallest absolute Gasteiger partial charge is 0.366 e. The molecule has 2 saturated heterocycles. The summed E-state index contributed by atoms with van der Waals surface area (Å²) in [5.74, 6) is -1.53. The van der Waals surface area contributed by atoms with Crippen LogP contribution >= 0.6 is 0 Å². The number of fused-ring (bicyclic) bond motifs is 2. The number of benzene rings is 2. The molecule has 2 bridgehead atoms. The van der Waals surface area contributed by atoms with Crippen LogP contribution in [0.4, 0.5) is 13.2 Å². The van der Waals surface area contributed by atoms with Gasteiger partial charge in [-0.15, -0.1) is 0 Å². The molecule has 29 heavy (non-hydrogen) atoms. The van der Waals surface area contributed by atoms with Gasteiger partial charge in [0.1, 0.15) is 0 Å². The number of alkyl halides is 3. The molecule has 2 heterocycles. The lowest BCUT2D eigenvalue weighted by Gasteiger charge is -2.43. The number of carbonyl (C=O) groups excluding carboxylic acids is 1. The van der Waals surface area contributed by atoms with E-state index < -0.39 is 29.1 Å². The molecule has 0 aliphatic carbocycles. The third-order valence-corrected chi connectivity index (χ3v) is 6.80. The van der Waals surface area contributed by atoms with Gasteiger partial charge in [-0.3, -0.25) is 9.69 Å². The highest BCUT2D eigenvalue weighted by Crippen LogP contribution is 2.57. The number of amides is 1. The number of primary amides is 1. The molecule has 1 amide bonds. The minimum absolute atomic E-state index is 0.154. The minimum atomic E-state index is -4.67. The number of carbonyl (C=O) groups is 1. The maximum atomic E-state index is 14.2. The number of nitrogens with zero attached hydrogens (tertiary/aromatic N) is 1. The van der Waals surface area contributed by atoms with Gasteiger partial charge in [0.25, 0.3) is 0 Å². The van der Waals surface area contributed by atoms with Crippen LogP contribution in [0.3, 0.4) is 0 Å². The first-order chi connectivity index (χ1) is 13.8. The SMILES string of the molecule is CCN1C2CCC1(C(c1ccccc1)c1cccc(C(N)=O)c1C(F)(F)F)CC2. The highest BCUT2D eigenvalue weighted by molar-refractivity contribution is 5.95. The minimum Gasteiger partial charge on any atom is -0.366 e. The van der Waals surface area contributed by atoms with Crippen LogP contribution in [0.2, 0.25) is 0 Å². The lowest BCUT2D eigenvalue weighted by Crippen LogP contribution is -2.47. The summed E-state index contributed by atoms with van der Waals surface area (Å²) >= 11 is 0. The van der Waals surface area contributed by atoms with Crippen molar-refractivity contribution in [3.05, 3.63) is 70.8 Å². The van der Waals surface area contributed by atoms with Crippen LogP contribution in [0.5, 0.6) is 0 Å². The molecule has 154 valence electrons. The molecule has 2 fully saturated rings. The Morgan fingerprint density at radius 2 is 1.79 bits per heavy atom. The van der Waals surface area contributed by atoms with Crippen molar-refractivity contribution in [1.82, 2.24) is 4.90 Å². The van der Waals surface area contributed by atoms with Gasteiger partial charge < -0.3 is 5.73 Å². The Labute approximate surface area is 168 Å². The molecule has 0 saturated carbocycles. The van der Waals surface area contributed by atoms with Crippen molar-refractivity contribution in [1.29, 1.82) is 0 Å². The molecule has 2 aliphatic heterocycles. The molecule has 3 nitrogen and oxygen atoms in total. The standard InChI is InChI=1S/C23H25F3N2O/c1-2-28-16-11-13-22(28,14-12-16)19(15-7-4-3-5-8-15)17-9-6-10-18(21(27)29)20(17)23(24,25)26/h3-10,16,19H,2,11-14H2,1H3,(H2,27,29). The molecule has 2 N–H and O–H groups in total. The Morgan fingerprint density at radius 1 is 1.14 bits per heavy atom. The lowest BCUT2D eigenvalue weighted by atomic mass is 9.69. The first-order valence-electron chi connectivity index (χ1n) is 10.1. The number of rotatable bonds is 5. The van der Waals surface area contributed by atoms with E-state index in [-0.39, 0.29) is 11.1 Å².